The van der Waals surface area contributed by atoms with Crippen LogP contribution in [0, 0.1) is 23.1 Å². The lowest BCUT2D eigenvalue weighted by atomic mass is 9.78. The number of ether oxygens (including phenoxy) is 1. The number of amides is 1. The zero-order chi connectivity index (χ0) is 19.5. The monoisotopic (exact) mass is 382 g/mol. The van der Waals surface area contributed by atoms with E-state index in [0.717, 1.165) is 25.3 Å². The van der Waals surface area contributed by atoms with Crippen molar-refractivity contribution in [3.63, 3.8) is 0 Å². The maximum absolute atomic E-state index is 14.3. The van der Waals surface area contributed by atoms with Gasteiger partial charge in [0.2, 0.25) is 0 Å². The minimum atomic E-state index is -0.665. The standard InChI is InChI=1S/C18H24ClFN4O2/c1-10(26-17(25)24-18(2,3)4)14(11-6-5-7-11)22-16-13(20)8-12(9-21)15(19)23-16/h8,10-11,14H,5-7H2,1-4H3,(H,22,23)(H,24,25)/t10-,14-/m0/s1. The number of nitriles is 1. The van der Waals surface area contributed by atoms with Gasteiger partial charge in [-0.15, -0.1) is 0 Å². The third kappa shape index (κ3) is 5.21. The summed E-state index contributed by atoms with van der Waals surface area (Å²) in [6, 6.07) is 2.54. The molecular weight excluding hydrogens is 359 g/mol. The predicted molar refractivity (Wildman–Crippen MR) is 97.5 cm³/mol. The van der Waals surface area contributed by atoms with Crippen LogP contribution in [0.25, 0.3) is 0 Å². The molecule has 2 N–H and O–H groups in total. The summed E-state index contributed by atoms with van der Waals surface area (Å²) in [5, 5.41) is 14.6. The molecule has 26 heavy (non-hydrogen) atoms. The number of pyridine rings is 1. The van der Waals surface area contributed by atoms with Crippen molar-refractivity contribution in [3.8, 4) is 6.07 Å². The minimum Gasteiger partial charge on any atom is -0.444 e. The summed E-state index contributed by atoms with van der Waals surface area (Å²) in [6.07, 6.45) is 1.96. The number of anilines is 1. The molecule has 8 heteroatoms. The number of nitrogens with zero attached hydrogens (tertiary/aromatic N) is 2. The van der Waals surface area contributed by atoms with Crippen molar-refractivity contribution in [2.45, 2.75) is 64.6 Å². The Bertz CT molecular complexity index is 710. The van der Waals surface area contributed by atoms with Crippen LogP contribution < -0.4 is 10.6 Å². The molecule has 1 aromatic heterocycles. The van der Waals surface area contributed by atoms with E-state index in [-0.39, 0.29) is 28.5 Å². The molecule has 1 aromatic rings. The molecule has 2 rings (SSSR count). The zero-order valence-electron chi connectivity index (χ0n) is 15.4. The van der Waals surface area contributed by atoms with Crippen molar-refractivity contribution in [1.29, 1.82) is 5.26 Å². The van der Waals surface area contributed by atoms with Crippen molar-refractivity contribution >= 4 is 23.5 Å². The quantitative estimate of drug-likeness (QED) is 0.744. The Balaban J connectivity index is 2.14. The fourth-order valence-electron chi connectivity index (χ4n) is 2.80. The number of halogens is 2. The normalized spacial score (nSPS) is 16.8. The van der Waals surface area contributed by atoms with E-state index in [1.54, 1.807) is 13.0 Å². The molecule has 1 amide bonds. The molecule has 0 aromatic carbocycles. The third-order valence-corrected chi connectivity index (χ3v) is 4.57. The van der Waals surface area contributed by atoms with Gasteiger partial charge in [-0.3, -0.25) is 0 Å². The highest BCUT2D eigenvalue weighted by molar-refractivity contribution is 6.30. The second kappa shape index (κ2) is 8.09. The first kappa shape index (κ1) is 20.2. The van der Waals surface area contributed by atoms with Gasteiger partial charge in [-0.2, -0.15) is 5.26 Å². The molecule has 0 spiro atoms. The smallest absolute Gasteiger partial charge is 0.407 e. The number of hydrogen-bond donors (Lipinski definition) is 2. The van der Waals surface area contributed by atoms with Gasteiger partial charge in [-0.05, 0) is 52.5 Å². The van der Waals surface area contributed by atoms with Gasteiger partial charge < -0.3 is 15.4 Å². The summed E-state index contributed by atoms with van der Waals surface area (Å²) in [4.78, 5) is 16.0. The number of alkyl carbamates (subject to hydrolysis) is 1. The first-order chi connectivity index (χ1) is 12.1. The van der Waals surface area contributed by atoms with Crippen molar-refractivity contribution in [2.75, 3.05) is 5.32 Å². The van der Waals surface area contributed by atoms with Gasteiger partial charge in [-0.25, -0.2) is 14.2 Å². The van der Waals surface area contributed by atoms with E-state index in [9.17, 15) is 9.18 Å². The second-order valence-corrected chi connectivity index (χ2v) is 7.97. The molecule has 0 radical (unpaired) electrons. The number of nitrogens with one attached hydrogen (secondary N) is 2. The van der Waals surface area contributed by atoms with Gasteiger partial charge in [0.05, 0.1) is 11.6 Å². The molecule has 6 nitrogen and oxygen atoms in total. The summed E-state index contributed by atoms with van der Waals surface area (Å²) < 4.78 is 19.7. The predicted octanol–water partition coefficient (Wildman–Crippen LogP) is 4.24. The fraction of sp³-hybridized carbons (Fsp3) is 0.611. The van der Waals surface area contributed by atoms with E-state index in [0.29, 0.717) is 0 Å². The summed E-state index contributed by atoms with van der Waals surface area (Å²) in [6.45, 7) is 7.34. The maximum atomic E-state index is 14.3. The molecule has 0 bridgehead atoms. The Morgan fingerprint density at radius 2 is 2.15 bits per heavy atom. The van der Waals surface area contributed by atoms with E-state index in [2.05, 4.69) is 15.6 Å². The Morgan fingerprint density at radius 1 is 1.50 bits per heavy atom. The first-order valence-electron chi connectivity index (χ1n) is 8.62. The van der Waals surface area contributed by atoms with Crippen LogP contribution in [-0.2, 0) is 4.74 Å². The maximum Gasteiger partial charge on any atom is 0.407 e. The van der Waals surface area contributed by atoms with Crippen LogP contribution in [0.15, 0.2) is 6.07 Å². The summed E-state index contributed by atoms with van der Waals surface area (Å²) >= 11 is 5.91. The van der Waals surface area contributed by atoms with Crippen LogP contribution in [0.3, 0.4) is 0 Å². The van der Waals surface area contributed by atoms with E-state index in [4.69, 9.17) is 21.6 Å². The topological polar surface area (TPSA) is 87.0 Å². The second-order valence-electron chi connectivity index (χ2n) is 7.62. The molecule has 0 saturated heterocycles. The van der Waals surface area contributed by atoms with Gasteiger partial charge in [0, 0.05) is 5.54 Å². The van der Waals surface area contributed by atoms with Gasteiger partial charge in [0.1, 0.15) is 17.3 Å². The molecule has 142 valence electrons. The fourth-order valence-corrected chi connectivity index (χ4v) is 2.98. The van der Waals surface area contributed by atoms with Gasteiger partial charge in [0.25, 0.3) is 0 Å². The lowest BCUT2D eigenvalue weighted by molar-refractivity contribution is 0.0666. The highest BCUT2D eigenvalue weighted by Crippen LogP contribution is 2.34. The van der Waals surface area contributed by atoms with E-state index < -0.39 is 23.6 Å². The molecule has 1 aliphatic carbocycles. The van der Waals surface area contributed by atoms with Crippen LogP contribution in [0.1, 0.15) is 52.5 Å². The summed E-state index contributed by atoms with van der Waals surface area (Å²) in [7, 11) is 0. The Kier molecular flexibility index (Phi) is 6.30. The zero-order valence-corrected chi connectivity index (χ0v) is 16.2. The molecule has 1 heterocycles. The number of carbonyl (C=O) groups excluding carboxylic acids is 1. The van der Waals surface area contributed by atoms with Crippen LogP contribution in [-0.4, -0.2) is 28.8 Å². The lowest BCUT2D eigenvalue weighted by Crippen LogP contribution is -2.48. The largest absolute Gasteiger partial charge is 0.444 e. The summed E-state index contributed by atoms with van der Waals surface area (Å²) in [5.74, 6) is -0.470. The van der Waals surface area contributed by atoms with Gasteiger partial charge in [0.15, 0.2) is 11.6 Å². The number of rotatable bonds is 5. The average Bonchev–Trinajstić information content (AvgIpc) is 2.45. The minimum absolute atomic E-state index is 0.0243. The highest BCUT2D eigenvalue weighted by atomic mass is 35.5. The number of aromatic nitrogens is 1. The van der Waals surface area contributed by atoms with Crippen molar-refractivity contribution < 1.29 is 13.9 Å². The van der Waals surface area contributed by atoms with E-state index in [1.807, 2.05) is 20.8 Å². The molecule has 2 atom stereocenters. The van der Waals surface area contributed by atoms with Crippen molar-refractivity contribution in [3.05, 3.63) is 22.6 Å². The Labute approximate surface area is 158 Å². The molecule has 1 saturated carbocycles. The first-order valence-corrected chi connectivity index (χ1v) is 9.00. The van der Waals surface area contributed by atoms with E-state index >= 15 is 0 Å². The Hall–Kier alpha value is -2.07. The number of hydrogen-bond acceptors (Lipinski definition) is 5. The molecule has 1 fully saturated rings. The van der Waals surface area contributed by atoms with Gasteiger partial charge >= 0.3 is 6.09 Å². The Morgan fingerprint density at radius 3 is 2.65 bits per heavy atom. The highest BCUT2D eigenvalue weighted by Gasteiger charge is 2.34. The molecule has 0 unspecified atom stereocenters. The summed E-state index contributed by atoms with van der Waals surface area (Å²) in [5.41, 5.74) is -0.436. The molecular formula is C18H24ClFN4O2. The van der Waals surface area contributed by atoms with Crippen molar-refractivity contribution in [1.82, 2.24) is 10.3 Å². The SMILES string of the molecule is C[C@H](OC(=O)NC(C)(C)C)[C@H](Nc1nc(Cl)c(C#N)cc1F)C1CCC1. The lowest BCUT2D eigenvalue weighted by Gasteiger charge is -2.38. The van der Waals surface area contributed by atoms with Crippen LogP contribution in [0.4, 0.5) is 15.0 Å². The van der Waals surface area contributed by atoms with Crippen LogP contribution in [0.5, 0.6) is 0 Å². The van der Waals surface area contributed by atoms with E-state index in [1.165, 1.54) is 0 Å². The van der Waals surface area contributed by atoms with Crippen LogP contribution >= 0.6 is 11.6 Å². The average molecular weight is 383 g/mol. The number of carbonyl (C=O) groups is 1. The molecule has 0 aliphatic heterocycles. The van der Waals surface area contributed by atoms with Crippen molar-refractivity contribution in [2.24, 2.45) is 5.92 Å². The van der Waals surface area contributed by atoms with Crippen LogP contribution in [0.2, 0.25) is 5.15 Å². The molecule has 1 aliphatic rings. The third-order valence-electron chi connectivity index (χ3n) is 4.29. The van der Waals surface area contributed by atoms with Gasteiger partial charge in [-0.1, -0.05) is 18.0 Å².